The van der Waals surface area contributed by atoms with E-state index in [1.54, 1.807) is 25.3 Å². The average molecular weight is 497 g/mol. The number of likely N-dealkylation sites (tertiary alicyclic amines) is 1. The van der Waals surface area contributed by atoms with Crippen molar-refractivity contribution in [1.29, 1.82) is 0 Å². The van der Waals surface area contributed by atoms with E-state index < -0.39 is 23.5 Å². The molecule has 3 heterocycles. The Kier molecular flexibility index (Phi) is 6.57. The number of amides is 1. The summed E-state index contributed by atoms with van der Waals surface area (Å²) in [7, 11) is 0. The van der Waals surface area contributed by atoms with E-state index >= 15 is 0 Å². The number of carboxylic acid groups (broad SMARTS) is 1. The number of carbonyl (C=O) groups excluding carboxylic acids is 1. The second kappa shape index (κ2) is 9.18. The largest absolute Gasteiger partial charge is 0.479 e. The van der Waals surface area contributed by atoms with Gasteiger partial charge in [-0.1, -0.05) is 46.8 Å². The molecule has 186 valence electrons. The van der Waals surface area contributed by atoms with Gasteiger partial charge in [0, 0.05) is 24.1 Å². The summed E-state index contributed by atoms with van der Waals surface area (Å²) in [5, 5.41) is 21.3. The molecule has 1 fully saturated rings. The number of thiazole rings is 1. The summed E-state index contributed by atoms with van der Waals surface area (Å²) >= 11 is 1.39. The normalized spacial score (nSPS) is 22.7. The zero-order chi connectivity index (χ0) is 25.5. The smallest absolute Gasteiger partial charge is 0.329 e. The fourth-order valence-corrected chi connectivity index (χ4v) is 5.87. The Morgan fingerprint density at radius 3 is 2.40 bits per heavy atom. The SMILES string of the molecule is Cc1nnc([C@@H]2C[C@@](CC(C)C)(C(=O)O)N(C(=O)c3ccc(C(C)(C)C)cc3)[C@H]2c2nccs2)o1. The van der Waals surface area contributed by atoms with Gasteiger partial charge in [-0.2, -0.15) is 0 Å². The van der Waals surface area contributed by atoms with E-state index in [1.165, 1.54) is 16.2 Å². The molecule has 0 unspecified atom stereocenters. The summed E-state index contributed by atoms with van der Waals surface area (Å²) in [5.74, 6) is -1.11. The number of aryl methyl sites for hydroxylation is 1. The molecule has 0 bridgehead atoms. The third kappa shape index (κ3) is 4.61. The van der Waals surface area contributed by atoms with E-state index in [9.17, 15) is 14.7 Å². The number of carbonyl (C=O) groups is 2. The van der Waals surface area contributed by atoms with Crippen LogP contribution in [0.4, 0.5) is 0 Å². The number of benzene rings is 1. The van der Waals surface area contributed by atoms with E-state index in [1.807, 2.05) is 31.4 Å². The van der Waals surface area contributed by atoms with Crippen molar-refractivity contribution in [3.05, 3.63) is 63.8 Å². The van der Waals surface area contributed by atoms with Gasteiger partial charge in [0.05, 0.1) is 12.0 Å². The van der Waals surface area contributed by atoms with Crippen molar-refractivity contribution in [2.45, 2.75) is 77.3 Å². The van der Waals surface area contributed by atoms with Crippen LogP contribution >= 0.6 is 11.3 Å². The van der Waals surface area contributed by atoms with Crippen molar-refractivity contribution in [3.63, 3.8) is 0 Å². The van der Waals surface area contributed by atoms with Crippen molar-refractivity contribution >= 4 is 23.2 Å². The highest BCUT2D eigenvalue weighted by Gasteiger charge is 2.61. The fourth-order valence-electron chi connectivity index (χ4n) is 5.07. The molecule has 3 aromatic rings. The molecule has 1 N–H and O–H groups in total. The zero-order valence-corrected chi connectivity index (χ0v) is 21.8. The summed E-state index contributed by atoms with van der Waals surface area (Å²) in [4.78, 5) is 33.2. The third-order valence-corrected chi connectivity index (χ3v) is 7.45. The molecule has 0 saturated carbocycles. The van der Waals surface area contributed by atoms with Gasteiger partial charge in [-0.25, -0.2) is 9.78 Å². The first-order valence-corrected chi connectivity index (χ1v) is 12.7. The third-order valence-electron chi connectivity index (χ3n) is 6.60. The molecule has 0 radical (unpaired) electrons. The lowest BCUT2D eigenvalue weighted by Gasteiger charge is -2.38. The van der Waals surface area contributed by atoms with Crippen LogP contribution in [0.2, 0.25) is 0 Å². The molecule has 1 aliphatic rings. The van der Waals surface area contributed by atoms with Crippen LogP contribution < -0.4 is 0 Å². The Bertz CT molecular complexity index is 1200. The summed E-state index contributed by atoms with van der Waals surface area (Å²) in [6.45, 7) is 12.0. The van der Waals surface area contributed by atoms with Gasteiger partial charge in [0.25, 0.3) is 5.91 Å². The van der Waals surface area contributed by atoms with Crippen LogP contribution in [0.1, 0.15) is 92.1 Å². The molecule has 1 aromatic carbocycles. The van der Waals surface area contributed by atoms with Crippen LogP contribution in [-0.4, -0.2) is 42.6 Å². The Balaban J connectivity index is 1.89. The molecule has 3 atom stereocenters. The van der Waals surface area contributed by atoms with Crippen molar-refractivity contribution < 1.29 is 19.1 Å². The number of carboxylic acids is 1. The van der Waals surface area contributed by atoms with Gasteiger partial charge in [0.15, 0.2) is 0 Å². The molecule has 0 spiro atoms. The lowest BCUT2D eigenvalue weighted by atomic mass is 9.83. The molecule has 2 aromatic heterocycles. The highest BCUT2D eigenvalue weighted by molar-refractivity contribution is 7.09. The molecular weight excluding hydrogens is 464 g/mol. The Labute approximate surface area is 209 Å². The predicted molar refractivity (Wildman–Crippen MR) is 132 cm³/mol. The minimum absolute atomic E-state index is 0.0322. The number of nitrogens with zero attached hydrogens (tertiary/aromatic N) is 4. The molecular formula is C26H32N4O4S. The van der Waals surface area contributed by atoms with Gasteiger partial charge < -0.3 is 14.4 Å². The quantitative estimate of drug-likeness (QED) is 0.488. The van der Waals surface area contributed by atoms with Crippen LogP contribution in [0.5, 0.6) is 0 Å². The number of hydrogen-bond acceptors (Lipinski definition) is 7. The first-order chi connectivity index (χ1) is 16.4. The molecule has 8 nitrogen and oxygen atoms in total. The predicted octanol–water partition coefficient (Wildman–Crippen LogP) is 5.37. The number of rotatable bonds is 6. The standard InChI is InChI=1S/C26H32N4O4S/c1-15(2)13-26(24(32)33)14-19(21-29-28-16(3)34-21)20(22-27-11-12-35-22)30(26)23(31)17-7-9-18(10-8-17)25(4,5)6/h7-12,15,19-20H,13-14H2,1-6H3,(H,32,33)/t19-,20-,26+/m1/s1. The summed E-state index contributed by atoms with van der Waals surface area (Å²) in [6.07, 6.45) is 2.12. The van der Waals surface area contributed by atoms with Gasteiger partial charge >= 0.3 is 5.97 Å². The van der Waals surface area contributed by atoms with Crippen LogP contribution in [0.3, 0.4) is 0 Å². The first kappa shape index (κ1) is 25.0. The number of aromatic nitrogens is 3. The van der Waals surface area contributed by atoms with Crippen molar-refractivity contribution in [2.75, 3.05) is 0 Å². The van der Waals surface area contributed by atoms with E-state index in [2.05, 4.69) is 36.0 Å². The van der Waals surface area contributed by atoms with E-state index in [-0.39, 0.29) is 23.7 Å². The van der Waals surface area contributed by atoms with Crippen molar-refractivity contribution in [1.82, 2.24) is 20.1 Å². The molecule has 1 amide bonds. The molecule has 35 heavy (non-hydrogen) atoms. The molecule has 0 aliphatic carbocycles. The monoisotopic (exact) mass is 496 g/mol. The van der Waals surface area contributed by atoms with Gasteiger partial charge in [0.2, 0.25) is 11.8 Å². The first-order valence-electron chi connectivity index (χ1n) is 11.8. The van der Waals surface area contributed by atoms with Gasteiger partial charge in [-0.3, -0.25) is 4.79 Å². The molecule has 9 heteroatoms. The maximum atomic E-state index is 14.2. The zero-order valence-electron chi connectivity index (χ0n) is 21.0. The second-order valence-electron chi connectivity index (χ2n) is 10.7. The second-order valence-corrected chi connectivity index (χ2v) is 11.6. The van der Waals surface area contributed by atoms with Crippen LogP contribution in [0.15, 0.2) is 40.3 Å². The molecule has 4 rings (SSSR count). The maximum absolute atomic E-state index is 14.2. The highest BCUT2D eigenvalue weighted by atomic mass is 32.1. The number of aliphatic carboxylic acids is 1. The lowest BCUT2D eigenvalue weighted by molar-refractivity contribution is -0.150. The van der Waals surface area contributed by atoms with Crippen molar-refractivity contribution in [3.8, 4) is 0 Å². The van der Waals surface area contributed by atoms with E-state index in [4.69, 9.17) is 4.42 Å². The Hall–Kier alpha value is -3.07. The summed E-state index contributed by atoms with van der Waals surface area (Å²) in [6, 6.07) is 6.80. The molecule has 1 saturated heterocycles. The van der Waals surface area contributed by atoms with Crippen molar-refractivity contribution in [2.24, 2.45) is 5.92 Å². The highest BCUT2D eigenvalue weighted by Crippen LogP contribution is 2.54. The van der Waals surface area contributed by atoms with Gasteiger partial charge in [0.1, 0.15) is 10.5 Å². The fraction of sp³-hybridized carbons (Fsp3) is 0.500. The summed E-state index contributed by atoms with van der Waals surface area (Å²) < 4.78 is 5.78. The number of hydrogen-bond donors (Lipinski definition) is 1. The minimum atomic E-state index is -1.45. The van der Waals surface area contributed by atoms with Crippen LogP contribution in [0, 0.1) is 12.8 Å². The minimum Gasteiger partial charge on any atom is -0.479 e. The molecule has 1 aliphatic heterocycles. The topological polar surface area (TPSA) is 109 Å². The van der Waals surface area contributed by atoms with Gasteiger partial charge in [-0.05, 0) is 41.9 Å². The Morgan fingerprint density at radius 2 is 1.91 bits per heavy atom. The lowest BCUT2D eigenvalue weighted by Crippen LogP contribution is -2.54. The Morgan fingerprint density at radius 1 is 1.23 bits per heavy atom. The van der Waals surface area contributed by atoms with Crippen LogP contribution in [-0.2, 0) is 10.2 Å². The van der Waals surface area contributed by atoms with Gasteiger partial charge in [-0.15, -0.1) is 21.5 Å². The maximum Gasteiger partial charge on any atom is 0.329 e. The van der Waals surface area contributed by atoms with E-state index in [0.717, 1.165) is 5.56 Å². The summed E-state index contributed by atoms with van der Waals surface area (Å²) in [5.41, 5.74) is 0.0217. The average Bonchev–Trinajstić information content (AvgIpc) is 3.51. The van der Waals surface area contributed by atoms with Crippen LogP contribution in [0.25, 0.3) is 0 Å². The van der Waals surface area contributed by atoms with E-state index in [0.29, 0.717) is 28.8 Å².